The van der Waals surface area contributed by atoms with Gasteiger partial charge in [-0.05, 0) is 30.5 Å². The highest BCUT2D eigenvalue weighted by atomic mass is 31.2. The van der Waals surface area contributed by atoms with Gasteiger partial charge < -0.3 is 4.52 Å². The van der Waals surface area contributed by atoms with Crippen LogP contribution in [0.3, 0.4) is 0 Å². The van der Waals surface area contributed by atoms with Gasteiger partial charge >= 0.3 is 7.82 Å². The van der Waals surface area contributed by atoms with Crippen LogP contribution < -0.4 is 4.52 Å². The zero-order chi connectivity index (χ0) is 21.2. The normalized spacial score (nSPS) is 11.3. The van der Waals surface area contributed by atoms with Gasteiger partial charge in [-0.15, -0.1) is 0 Å². The zero-order valence-corrected chi connectivity index (χ0v) is 21.1. The highest BCUT2D eigenvalue weighted by Gasteiger charge is 2.15. The quantitative estimate of drug-likeness (QED) is 0.129. The molecule has 0 aliphatic heterocycles. The lowest BCUT2D eigenvalue weighted by molar-refractivity contribution is 0.283. The Balaban J connectivity index is 0.00000841. The minimum absolute atomic E-state index is 0. The van der Waals surface area contributed by atoms with Crippen molar-refractivity contribution in [3.05, 3.63) is 29.8 Å². The first-order valence-electron chi connectivity index (χ1n) is 11.9. The summed E-state index contributed by atoms with van der Waals surface area (Å²) in [5.74, 6) is 0.243. The van der Waals surface area contributed by atoms with Gasteiger partial charge in [0.25, 0.3) is 0 Å². The van der Waals surface area contributed by atoms with Crippen molar-refractivity contribution in [1.82, 2.24) is 0 Å². The Kier molecular flexibility index (Phi) is 19.2. The molecule has 0 fully saturated rings. The maximum absolute atomic E-state index is 10.9. The topological polar surface area (TPSA) is 66.8 Å². The van der Waals surface area contributed by atoms with E-state index >= 15 is 0 Å². The maximum Gasteiger partial charge on any atom is 0.524 e. The lowest BCUT2D eigenvalue weighted by Gasteiger charge is -2.08. The molecule has 1 aromatic rings. The molecule has 1 rings (SSSR count). The van der Waals surface area contributed by atoms with Crippen molar-refractivity contribution in [3.63, 3.8) is 0 Å². The van der Waals surface area contributed by atoms with Crippen molar-refractivity contribution in [2.24, 2.45) is 0 Å². The third kappa shape index (κ3) is 18.5. The SMILES string of the molecule is CCCCCCCCCCCCCCCCCCc1cccc(OP(=O)(O)O)c1.[Al]. The molecule has 4 nitrogen and oxygen atoms in total. The van der Waals surface area contributed by atoms with Gasteiger partial charge in [-0.3, -0.25) is 9.79 Å². The molecule has 0 atom stereocenters. The molecule has 171 valence electrons. The molecule has 1 aromatic carbocycles. The highest BCUT2D eigenvalue weighted by molar-refractivity contribution is 7.46. The van der Waals surface area contributed by atoms with Crippen molar-refractivity contribution in [1.29, 1.82) is 0 Å². The second-order valence-electron chi connectivity index (χ2n) is 8.28. The van der Waals surface area contributed by atoms with Crippen LogP contribution in [0.2, 0.25) is 0 Å². The molecule has 30 heavy (non-hydrogen) atoms. The first-order chi connectivity index (χ1) is 14.0. The molecule has 2 N–H and O–H groups in total. The average Bonchev–Trinajstić information content (AvgIpc) is 2.66. The highest BCUT2D eigenvalue weighted by Crippen LogP contribution is 2.37. The summed E-state index contributed by atoms with van der Waals surface area (Å²) in [4.78, 5) is 17.8. The van der Waals surface area contributed by atoms with Crippen LogP contribution >= 0.6 is 7.82 Å². The van der Waals surface area contributed by atoms with Crippen molar-refractivity contribution in [2.45, 2.75) is 116 Å². The molecule has 0 saturated heterocycles. The molecule has 0 saturated carbocycles. The van der Waals surface area contributed by atoms with Gasteiger partial charge in [0.05, 0.1) is 0 Å². The van der Waals surface area contributed by atoms with Gasteiger partial charge in [0.2, 0.25) is 0 Å². The first-order valence-corrected chi connectivity index (χ1v) is 13.4. The molecule has 0 aliphatic rings. The standard InChI is InChI=1S/C24H43O4P.Al/c1-2-3-4-5-6-7-8-9-10-11-12-13-14-15-16-17-19-23-20-18-21-24(22-23)28-29(25,26)27;/h18,20-22H,2-17,19H2,1H3,(H2,25,26,27);. The summed E-state index contributed by atoms with van der Waals surface area (Å²) in [6, 6.07) is 7.07. The van der Waals surface area contributed by atoms with E-state index in [0.717, 1.165) is 18.4 Å². The minimum atomic E-state index is -4.47. The van der Waals surface area contributed by atoms with Gasteiger partial charge in [-0.2, -0.15) is 0 Å². The largest absolute Gasteiger partial charge is 0.524 e. The molecule has 0 spiro atoms. The summed E-state index contributed by atoms with van der Waals surface area (Å²) in [6.45, 7) is 2.27. The summed E-state index contributed by atoms with van der Waals surface area (Å²) in [7, 11) is -4.47. The second kappa shape index (κ2) is 19.4. The van der Waals surface area contributed by atoms with Crippen LogP contribution in [0.1, 0.15) is 115 Å². The summed E-state index contributed by atoms with van der Waals surface area (Å²) < 4.78 is 15.5. The van der Waals surface area contributed by atoms with Crippen LogP contribution in [0.15, 0.2) is 24.3 Å². The van der Waals surface area contributed by atoms with E-state index in [2.05, 4.69) is 11.4 Å². The molecule has 0 bridgehead atoms. The fourth-order valence-corrected chi connectivity index (χ4v) is 4.16. The number of hydrogen-bond donors (Lipinski definition) is 2. The molecular formula is C24H43AlO4P. The molecule has 0 aliphatic carbocycles. The van der Waals surface area contributed by atoms with Crippen LogP contribution in [-0.2, 0) is 11.0 Å². The van der Waals surface area contributed by atoms with Crippen molar-refractivity contribution in [2.75, 3.05) is 0 Å². The monoisotopic (exact) mass is 453 g/mol. The Hall–Kier alpha value is -0.298. The molecular weight excluding hydrogens is 410 g/mol. The van der Waals surface area contributed by atoms with E-state index < -0.39 is 7.82 Å². The van der Waals surface area contributed by atoms with Gasteiger partial charge in [-0.1, -0.05) is 115 Å². The van der Waals surface area contributed by atoms with Gasteiger partial charge in [0, 0.05) is 17.4 Å². The summed E-state index contributed by atoms with van der Waals surface area (Å²) in [5.41, 5.74) is 1.07. The van der Waals surface area contributed by atoms with E-state index in [9.17, 15) is 4.57 Å². The number of phosphoric ester groups is 1. The Morgan fingerprint density at radius 1 is 0.733 bits per heavy atom. The first kappa shape index (κ1) is 29.7. The third-order valence-corrected chi connectivity index (χ3v) is 5.89. The van der Waals surface area contributed by atoms with E-state index in [4.69, 9.17) is 9.79 Å². The predicted octanol–water partition coefficient (Wildman–Crippen LogP) is 7.58. The van der Waals surface area contributed by atoms with Crippen LogP contribution in [-0.4, -0.2) is 27.1 Å². The molecule has 0 aromatic heterocycles. The summed E-state index contributed by atoms with van der Waals surface area (Å²) in [5, 5.41) is 0. The Bertz CT molecular complexity index is 562. The van der Waals surface area contributed by atoms with Crippen LogP contribution in [0.4, 0.5) is 0 Å². The molecule has 6 heteroatoms. The fraction of sp³-hybridized carbons (Fsp3) is 0.750. The van der Waals surface area contributed by atoms with E-state index in [-0.39, 0.29) is 23.1 Å². The number of rotatable bonds is 19. The maximum atomic E-state index is 10.9. The minimum Gasteiger partial charge on any atom is -0.404 e. The lowest BCUT2D eigenvalue weighted by Crippen LogP contribution is -1.92. The van der Waals surface area contributed by atoms with E-state index in [0.29, 0.717) is 0 Å². The number of unbranched alkanes of at least 4 members (excludes halogenated alkanes) is 15. The van der Waals surface area contributed by atoms with E-state index in [1.165, 1.54) is 96.3 Å². The zero-order valence-electron chi connectivity index (χ0n) is 19.1. The molecule has 0 amide bonds. The Labute approximate surface area is 195 Å². The second-order valence-corrected chi connectivity index (χ2v) is 9.45. The van der Waals surface area contributed by atoms with E-state index in [1.54, 1.807) is 18.2 Å². The number of hydrogen-bond acceptors (Lipinski definition) is 2. The average molecular weight is 454 g/mol. The van der Waals surface area contributed by atoms with Gasteiger partial charge in [-0.25, -0.2) is 4.57 Å². The van der Waals surface area contributed by atoms with Crippen LogP contribution in [0.5, 0.6) is 5.75 Å². The number of phosphoric acid groups is 1. The predicted molar refractivity (Wildman–Crippen MR) is 128 cm³/mol. The molecule has 3 radical (unpaired) electrons. The van der Waals surface area contributed by atoms with Gasteiger partial charge in [0.15, 0.2) is 0 Å². The number of aryl methyl sites for hydroxylation is 1. The van der Waals surface area contributed by atoms with Crippen LogP contribution in [0, 0.1) is 0 Å². The van der Waals surface area contributed by atoms with Crippen LogP contribution in [0.25, 0.3) is 0 Å². The van der Waals surface area contributed by atoms with E-state index in [1.807, 2.05) is 6.07 Å². The van der Waals surface area contributed by atoms with Crippen molar-refractivity contribution < 1.29 is 18.9 Å². The Morgan fingerprint density at radius 3 is 1.60 bits per heavy atom. The van der Waals surface area contributed by atoms with Crippen molar-refractivity contribution in [3.8, 4) is 5.75 Å². The lowest BCUT2D eigenvalue weighted by atomic mass is 10.0. The number of benzene rings is 1. The van der Waals surface area contributed by atoms with Crippen molar-refractivity contribution >= 4 is 25.2 Å². The fourth-order valence-electron chi connectivity index (χ4n) is 3.77. The smallest absolute Gasteiger partial charge is 0.404 e. The summed E-state index contributed by atoms with van der Waals surface area (Å²) >= 11 is 0. The third-order valence-electron chi connectivity index (χ3n) is 5.44. The Morgan fingerprint density at radius 2 is 1.17 bits per heavy atom. The van der Waals surface area contributed by atoms with Gasteiger partial charge in [0.1, 0.15) is 5.75 Å². The molecule has 0 unspecified atom stereocenters. The molecule has 0 heterocycles. The summed E-state index contributed by atoms with van der Waals surface area (Å²) in [6.07, 6.45) is 22.7.